The monoisotopic (exact) mass is 357 g/mol. The van der Waals surface area contributed by atoms with E-state index < -0.39 is 5.60 Å². The molecule has 3 nitrogen and oxygen atoms in total. The highest BCUT2D eigenvalue weighted by atomic mass is 16.5. The summed E-state index contributed by atoms with van der Waals surface area (Å²) in [7, 11) is 1.69. The maximum absolute atomic E-state index is 11.3. The molecule has 0 aromatic heterocycles. The molecule has 0 aliphatic rings. The minimum Gasteiger partial charge on any atom is -0.496 e. The lowest BCUT2D eigenvalue weighted by molar-refractivity contribution is 0.0369. The van der Waals surface area contributed by atoms with Gasteiger partial charge >= 0.3 is 0 Å². The molecular weight excluding hydrogens is 322 g/mol. The van der Waals surface area contributed by atoms with E-state index in [1.165, 1.54) is 25.7 Å². The van der Waals surface area contributed by atoms with Crippen LogP contribution in [0.25, 0.3) is 10.8 Å². The molecule has 0 saturated heterocycles. The SMILES string of the molecule is CCCCN(CCCC)CCC(C)(O)c1ccc(OC)c2ccccc12. The summed E-state index contributed by atoms with van der Waals surface area (Å²) in [5.41, 5.74) is 0.127. The molecule has 2 aromatic rings. The molecule has 0 heterocycles. The Labute approximate surface area is 159 Å². The maximum Gasteiger partial charge on any atom is 0.126 e. The molecule has 2 aromatic carbocycles. The van der Waals surface area contributed by atoms with Gasteiger partial charge in [0.1, 0.15) is 5.75 Å². The fourth-order valence-corrected chi connectivity index (χ4v) is 3.53. The lowest BCUT2D eigenvalue weighted by Crippen LogP contribution is -2.33. The third-order valence-corrected chi connectivity index (χ3v) is 5.25. The fraction of sp³-hybridized carbons (Fsp3) is 0.565. The van der Waals surface area contributed by atoms with E-state index in [0.717, 1.165) is 48.1 Å². The number of hydrogen-bond acceptors (Lipinski definition) is 3. The number of aliphatic hydroxyl groups is 1. The van der Waals surface area contributed by atoms with Crippen molar-refractivity contribution in [1.82, 2.24) is 4.90 Å². The third-order valence-electron chi connectivity index (χ3n) is 5.25. The number of unbranched alkanes of at least 4 members (excludes halogenated alkanes) is 2. The summed E-state index contributed by atoms with van der Waals surface area (Å²) in [6.45, 7) is 9.58. The van der Waals surface area contributed by atoms with Crippen LogP contribution in [0.2, 0.25) is 0 Å². The molecular formula is C23H35NO2. The molecule has 3 heteroatoms. The maximum atomic E-state index is 11.3. The van der Waals surface area contributed by atoms with Gasteiger partial charge in [0.25, 0.3) is 0 Å². The van der Waals surface area contributed by atoms with E-state index in [-0.39, 0.29) is 0 Å². The molecule has 0 spiro atoms. The minimum atomic E-state index is -0.859. The molecule has 0 radical (unpaired) electrons. The first-order valence-electron chi connectivity index (χ1n) is 10.0. The van der Waals surface area contributed by atoms with Gasteiger partial charge in [0.15, 0.2) is 0 Å². The van der Waals surface area contributed by atoms with E-state index >= 15 is 0 Å². The van der Waals surface area contributed by atoms with Crippen LogP contribution < -0.4 is 4.74 Å². The summed E-state index contributed by atoms with van der Waals surface area (Å²) in [5.74, 6) is 0.854. The topological polar surface area (TPSA) is 32.7 Å². The lowest BCUT2D eigenvalue weighted by atomic mass is 9.88. The fourth-order valence-electron chi connectivity index (χ4n) is 3.53. The molecule has 1 unspecified atom stereocenters. The summed E-state index contributed by atoms with van der Waals surface area (Å²) in [6.07, 6.45) is 5.59. The summed E-state index contributed by atoms with van der Waals surface area (Å²) in [6, 6.07) is 12.2. The van der Waals surface area contributed by atoms with E-state index in [0.29, 0.717) is 0 Å². The first-order valence-corrected chi connectivity index (χ1v) is 10.0. The first kappa shape index (κ1) is 20.7. The molecule has 0 aliphatic heterocycles. The van der Waals surface area contributed by atoms with Gasteiger partial charge in [-0.05, 0) is 56.3 Å². The van der Waals surface area contributed by atoms with Crippen molar-refractivity contribution in [3.05, 3.63) is 42.0 Å². The van der Waals surface area contributed by atoms with Gasteiger partial charge < -0.3 is 14.7 Å². The molecule has 0 fully saturated rings. The molecule has 144 valence electrons. The second-order valence-corrected chi connectivity index (χ2v) is 7.43. The Morgan fingerprint density at radius 3 is 2.12 bits per heavy atom. The van der Waals surface area contributed by atoms with E-state index in [4.69, 9.17) is 4.74 Å². The van der Waals surface area contributed by atoms with Crippen LogP contribution in [0.4, 0.5) is 0 Å². The van der Waals surface area contributed by atoms with Crippen molar-refractivity contribution in [2.75, 3.05) is 26.7 Å². The van der Waals surface area contributed by atoms with Crippen molar-refractivity contribution in [2.24, 2.45) is 0 Å². The molecule has 0 aliphatic carbocycles. The molecule has 1 atom stereocenters. The standard InChI is InChI=1S/C23H35NO2/c1-5-7-16-24(17-8-6-2)18-15-23(3,25)21-13-14-22(26-4)20-12-10-9-11-19(20)21/h9-14,25H,5-8,15-18H2,1-4H3. The van der Waals surface area contributed by atoms with Crippen LogP contribution in [-0.2, 0) is 5.60 Å². The zero-order chi connectivity index (χ0) is 19.0. The number of fused-ring (bicyclic) bond motifs is 1. The molecule has 26 heavy (non-hydrogen) atoms. The van der Waals surface area contributed by atoms with Crippen molar-refractivity contribution >= 4 is 10.8 Å². The summed E-state index contributed by atoms with van der Waals surface area (Å²) in [4.78, 5) is 2.51. The first-order chi connectivity index (χ1) is 12.5. The van der Waals surface area contributed by atoms with Gasteiger partial charge in [-0.1, -0.05) is 57.0 Å². The van der Waals surface area contributed by atoms with Gasteiger partial charge in [-0.2, -0.15) is 0 Å². The zero-order valence-electron chi connectivity index (χ0n) is 16.9. The number of ether oxygens (including phenoxy) is 1. The highest BCUT2D eigenvalue weighted by Gasteiger charge is 2.26. The van der Waals surface area contributed by atoms with Gasteiger partial charge in [0.2, 0.25) is 0 Å². The Morgan fingerprint density at radius 2 is 1.54 bits per heavy atom. The van der Waals surface area contributed by atoms with Crippen molar-refractivity contribution in [1.29, 1.82) is 0 Å². The summed E-state index contributed by atoms with van der Waals surface area (Å²) < 4.78 is 5.49. The van der Waals surface area contributed by atoms with Crippen LogP contribution in [0, 0.1) is 0 Å². The Hall–Kier alpha value is -1.58. The van der Waals surface area contributed by atoms with Crippen LogP contribution >= 0.6 is 0 Å². The Balaban J connectivity index is 2.19. The molecule has 0 bridgehead atoms. The average Bonchev–Trinajstić information content (AvgIpc) is 2.66. The Kier molecular flexibility index (Phi) is 7.92. The highest BCUT2D eigenvalue weighted by molar-refractivity contribution is 5.91. The van der Waals surface area contributed by atoms with Gasteiger partial charge in [-0.3, -0.25) is 0 Å². The molecule has 2 rings (SSSR count). The minimum absolute atomic E-state index is 0.733. The lowest BCUT2D eigenvalue weighted by Gasteiger charge is -2.30. The normalized spacial score (nSPS) is 13.9. The zero-order valence-corrected chi connectivity index (χ0v) is 16.9. The van der Waals surface area contributed by atoms with Crippen LogP contribution in [-0.4, -0.2) is 36.8 Å². The van der Waals surface area contributed by atoms with E-state index in [1.54, 1.807) is 7.11 Å². The average molecular weight is 358 g/mol. The number of benzene rings is 2. The van der Waals surface area contributed by atoms with Gasteiger partial charge in [0.05, 0.1) is 12.7 Å². The van der Waals surface area contributed by atoms with E-state index in [2.05, 4.69) is 30.9 Å². The van der Waals surface area contributed by atoms with Crippen molar-refractivity contribution in [3.63, 3.8) is 0 Å². The Bertz CT molecular complexity index is 673. The van der Waals surface area contributed by atoms with Crippen LogP contribution in [0.3, 0.4) is 0 Å². The van der Waals surface area contributed by atoms with Gasteiger partial charge in [0, 0.05) is 11.9 Å². The van der Waals surface area contributed by atoms with Crippen LogP contribution in [0.15, 0.2) is 36.4 Å². The second kappa shape index (κ2) is 9.94. The van der Waals surface area contributed by atoms with Crippen molar-refractivity contribution < 1.29 is 9.84 Å². The number of rotatable bonds is 11. The van der Waals surface area contributed by atoms with Gasteiger partial charge in [-0.15, -0.1) is 0 Å². The van der Waals surface area contributed by atoms with E-state index in [1.807, 2.05) is 31.2 Å². The smallest absolute Gasteiger partial charge is 0.126 e. The predicted molar refractivity (Wildman–Crippen MR) is 111 cm³/mol. The largest absolute Gasteiger partial charge is 0.496 e. The van der Waals surface area contributed by atoms with Crippen molar-refractivity contribution in [2.45, 2.75) is 58.5 Å². The predicted octanol–water partition coefficient (Wildman–Crippen LogP) is 5.35. The third kappa shape index (κ3) is 5.21. The number of nitrogens with zero attached hydrogens (tertiary/aromatic N) is 1. The highest BCUT2D eigenvalue weighted by Crippen LogP contribution is 2.35. The van der Waals surface area contributed by atoms with Crippen molar-refractivity contribution in [3.8, 4) is 5.75 Å². The summed E-state index contributed by atoms with van der Waals surface area (Å²) >= 11 is 0. The second-order valence-electron chi connectivity index (χ2n) is 7.43. The van der Waals surface area contributed by atoms with Crippen LogP contribution in [0.1, 0.15) is 58.4 Å². The Morgan fingerprint density at radius 1 is 0.923 bits per heavy atom. The van der Waals surface area contributed by atoms with Crippen LogP contribution in [0.5, 0.6) is 5.75 Å². The molecule has 0 saturated carbocycles. The summed E-state index contributed by atoms with van der Waals surface area (Å²) in [5, 5.41) is 13.4. The van der Waals surface area contributed by atoms with E-state index in [9.17, 15) is 5.11 Å². The number of hydrogen-bond donors (Lipinski definition) is 1. The molecule has 1 N–H and O–H groups in total. The van der Waals surface area contributed by atoms with Gasteiger partial charge in [-0.25, -0.2) is 0 Å². The number of methoxy groups -OCH3 is 1. The quantitative estimate of drug-likeness (QED) is 0.588. The molecule has 0 amide bonds.